The molecule has 0 saturated heterocycles. The fraction of sp³-hybridized carbons (Fsp3) is 0.500. The Labute approximate surface area is 120 Å². The first-order valence-electron chi connectivity index (χ1n) is 6.06. The quantitative estimate of drug-likeness (QED) is 0.832. The van der Waals surface area contributed by atoms with E-state index in [1.54, 1.807) is 18.6 Å². The molecule has 120 valence electrons. The average molecular weight is 327 g/mol. The number of benzene rings is 1. The van der Waals surface area contributed by atoms with Gasteiger partial charge in [-0.1, -0.05) is 0 Å². The number of hydrogen-bond acceptors (Lipinski definition) is 4. The van der Waals surface area contributed by atoms with Crippen LogP contribution in [0.3, 0.4) is 0 Å². The van der Waals surface area contributed by atoms with Gasteiger partial charge in [0, 0.05) is 6.54 Å². The van der Waals surface area contributed by atoms with Crippen molar-refractivity contribution >= 4 is 10.0 Å². The second-order valence-electron chi connectivity index (χ2n) is 4.27. The molecule has 0 aliphatic carbocycles. The van der Waals surface area contributed by atoms with Crippen molar-refractivity contribution in [1.82, 2.24) is 4.72 Å². The minimum atomic E-state index is -4.88. The fourth-order valence-corrected chi connectivity index (χ4v) is 2.62. The Kier molecular flexibility index (Phi) is 5.60. The Balaban J connectivity index is 2.86. The molecule has 0 aliphatic heterocycles. The second kappa shape index (κ2) is 6.63. The molecule has 0 heterocycles. The molecule has 1 rings (SSSR count). The summed E-state index contributed by atoms with van der Waals surface area (Å²) in [5.74, 6) is 0.492. The lowest BCUT2D eigenvalue weighted by atomic mass is 10.2. The highest BCUT2D eigenvalue weighted by Gasteiger charge is 2.38. The fourth-order valence-electron chi connectivity index (χ4n) is 1.49. The molecular formula is C12H16F3NO4S. The van der Waals surface area contributed by atoms with Gasteiger partial charge in [0.25, 0.3) is 0 Å². The van der Waals surface area contributed by atoms with Crippen LogP contribution in [0.2, 0.25) is 0 Å². The summed E-state index contributed by atoms with van der Waals surface area (Å²) in [5, 5.41) is 8.79. The van der Waals surface area contributed by atoms with Gasteiger partial charge in [-0.15, -0.1) is 0 Å². The molecule has 9 heteroatoms. The first-order chi connectivity index (χ1) is 9.58. The Morgan fingerprint density at radius 2 is 2.00 bits per heavy atom. The molecule has 0 saturated carbocycles. The third kappa shape index (κ3) is 4.87. The lowest BCUT2D eigenvalue weighted by molar-refractivity contribution is -0.200. The van der Waals surface area contributed by atoms with E-state index >= 15 is 0 Å². The molecule has 0 aliphatic rings. The van der Waals surface area contributed by atoms with E-state index in [4.69, 9.17) is 9.84 Å². The maximum Gasteiger partial charge on any atom is 0.415 e. The van der Waals surface area contributed by atoms with Crippen LogP contribution in [0.4, 0.5) is 13.2 Å². The highest BCUT2D eigenvalue weighted by atomic mass is 32.2. The molecular weight excluding hydrogens is 311 g/mol. The van der Waals surface area contributed by atoms with Crippen LogP contribution in [0.25, 0.3) is 0 Å². The van der Waals surface area contributed by atoms with Crippen LogP contribution in [-0.2, 0) is 10.0 Å². The third-order valence-corrected chi connectivity index (χ3v) is 4.02. The van der Waals surface area contributed by atoms with Gasteiger partial charge in [-0.2, -0.15) is 13.2 Å². The number of halogens is 3. The van der Waals surface area contributed by atoms with Crippen LogP contribution in [0, 0.1) is 6.92 Å². The van der Waals surface area contributed by atoms with Crippen molar-refractivity contribution < 1.29 is 31.4 Å². The first-order valence-corrected chi connectivity index (χ1v) is 7.54. The monoisotopic (exact) mass is 327 g/mol. The number of ether oxygens (including phenoxy) is 1. The van der Waals surface area contributed by atoms with Gasteiger partial charge in [-0.25, -0.2) is 13.1 Å². The molecule has 1 aromatic rings. The number of sulfonamides is 1. The van der Waals surface area contributed by atoms with Gasteiger partial charge in [-0.3, -0.25) is 0 Å². The van der Waals surface area contributed by atoms with Gasteiger partial charge in [-0.05, 0) is 37.6 Å². The standard InChI is InChI=1S/C12H16F3NO4S/c1-3-20-10-5-4-9(6-8(10)2)21(18,19)16-7-11(17)12(13,14)15/h4-6,11,16-17H,3,7H2,1-2H3. The number of nitrogens with one attached hydrogen (secondary N) is 1. The smallest absolute Gasteiger partial charge is 0.415 e. The van der Waals surface area contributed by atoms with Crippen LogP contribution >= 0.6 is 0 Å². The lowest BCUT2D eigenvalue weighted by Gasteiger charge is -2.15. The van der Waals surface area contributed by atoms with Crippen molar-refractivity contribution in [3.63, 3.8) is 0 Å². The molecule has 5 nitrogen and oxygen atoms in total. The van der Waals surface area contributed by atoms with Crippen LogP contribution in [0.5, 0.6) is 5.75 Å². The summed E-state index contributed by atoms with van der Waals surface area (Å²) in [6, 6.07) is 3.93. The van der Waals surface area contributed by atoms with Gasteiger partial charge >= 0.3 is 6.18 Å². The summed E-state index contributed by atoms with van der Waals surface area (Å²) < 4.78 is 67.1. The number of hydrogen-bond donors (Lipinski definition) is 2. The molecule has 1 aromatic carbocycles. The van der Waals surface area contributed by atoms with E-state index in [9.17, 15) is 21.6 Å². The van der Waals surface area contributed by atoms with Gasteiger partial charge < -0.3 is 9.84 Å². The predicted molar refractivity (Wildman–Crippen MR) is 69.6 cm³/mol. The van der Waals surface area contributed by atoms with Crippen LogP contribution in [-0.4, -0.2) is 39.0 Å². The van der Waals surface area contributed by atoms with E-state index < -0.39 is 28.8 Å². The minimum absolute atomic E-state index is 0.196. The molecule has 0 aromatic heterocycles. The molecule has 1 unspecified atom stereocenters. The van der Waals surface area contributed by atoms with Gasteiger partial charge in [0.05, 0.1) is 11.5 Å². The third-order valence-electron chi connectivity index (χ3n) is 2.60. The van der Waals surface area contributed by atoms with Crippen molar-refractivity contribution in [1.29, 1.82) is 0 Å². The highest BCUT2D eigenvalue weighted by Crippen LogP contribution is 2.23. The SMILES string of the molecule is CCOc1ccc(S(=O)(=O)NCC(O)C(F)(F)F)cc1C. The molecule has 21 heavy (non-hydrogen) atoms. The topological polar surface area (TPSA) is 75.6 Å². The Hall–Kier alpha value is -1.32. The average Bonchev–Trinajstić information content (AvgIpc) is 2.37. The summed E-state index contributed by atoms with van der Waals surface area (Å²) in [4.78, 5) is -0.196. The minimum Gasteiger partial charge on any atom is -0.494 e. The molecule has 0 bridgehead atoms. The molecule has 2 N–H and O–H groups in total. The Bertz CT molecular complexity index is 587. The molecule has 0 spiro atoms. The van der Waals surface area contributed by atoms with E-state index in [1.165, 1.54) is 18.2 Å². The Morgan fingerprint density at radius 1 is 1.38 bits per heavy atom. The van der Waals surface area contributed by atoms with Crippen molar-refractivity contribution in [3.8, 4) is 5.75 Å². The largest absolute Gasteiger partial charge is 0.494 e. The predicted octanol–water partition coefficient (Wildman–Crippen LogP) is 1.60. The summed E-state index contributed by atoms with van der Waals surface area (Å²) in [6.45, 7) is 2.65. The lowest BCUT2D eigenvalue weighted by Crippen LogP contribution is -2.40. The van der Waals surface area contributed by atoms with E-state index in [0.717, 1.165) is 0 Å². The zero-order valence-corrected chi connectivity index (χ0v) is 12.3. The first kappa shape index (κ1) is 17.7. The van der Waals surface area contributed by atoms with Crippen LogP contribution < -0.4 is 9.46 Å². The summed E-state index contributed by atoms with van der Waals surface area (Å²) in [7, 11) is -4.14. The zero-order valence-electron chi connectivity index (χ0n) is 11.4. The second-order valence-corrected chi connectivity index (χ2v) is 6.04. The van der Waals surface area contributed by atoms with Gasteiger partial charge in [0.1, 0.15) is 5.75 Å². The number of aliphatic hydroxyl groups is 1. The number of alkyl halides is 3. The van der Waals surface area contributed by atoms with Crippen LogP contribution in [0.1, 0.15) is 12.5 Å². The van der Waals surface area contributed by atoms with E-state index in [2.05, 4.69) is 0 Å². The summed E-state index contributed by atoms with van der Waals surface area (Å²) >= 11 is 0. The summed E-state index contributed by atoms with van der Waals surface area (Å²) in [6.07, 6.45) is -7.63. The molecule has 0 amide bonds. The van der Waals surface area contributed by atoms with Crippen LogP contribution in [0.15, 0.2) is 23.1 Å². The number of rotatable bonds is 6. The van der Waals surface area contributed by atoms with Crippen molar-refractivity contribution in [3.05, 3.63) is 23.8 Å². The summed E-state index contributed by atoms with van der Waals surface area (Å²) in [5.41, 5.74) is 0.538. The normalized spacial score (nSPS) is 14.0. The number of aliphatic hydroxyl groups excluding tert-OH is 1. The van der Waals surface area contributed by atoms with Gasteiger partial charge in [0.15, 0.2) is 6.10 Å². The van der Waals surface area contributed by atoms with Crippen molar-refractivity contribution in [2.45, 2.75) is 31.0 Å². The van der Waals surface area contributed by atoms with Crippen molar-refractivity contribution in [2.75, 3.05) is 13.2 Å². The van der Waals surface area contributed by atoms with Gasteiger partial charge in [0.2, 0.25) is 10.0 Å². The van der Waals surface area contributed by atoms with Crippen molar-refractivity contribution in [2.24, 2.45) is 0 Å². The molecule has 0 radical (unpaired) electrons. The maximum atomic E-state index is 12.1. The highest BCUT2D eigenvalue weighted by molar-refractivity contribution is 7.89. The van der Waals surface area contributed by atoms with E-state index in [1.807, 2.05) is 0 Å². The number of aryl methyl sites for hydroxylation is 1. The zero-order chi connectivity index (χ0) is 16.3. The molecule has 1 atom stereocenters. The Morgan fingerprint density at radius 3 is 2.48 bits per heavy atom. The maximum absolute atomic E-state index is 12.1. The van der Waals surface area contributed by atoms with E-state index in [0.29, 0.717) is 17.9 Å². The molecule has 0 fully saturated rings. The van der Waals surface area contributed by atoms with E-state index in [-0.39, 0.29) is 4.90 Å².